The number of benzene rings is 2. The van der Waals surface area contributed by atoms with Crippen molar-refractivity contribution >= 4 is 17.5 Å². The third-order valence-electron chi connectivity index (χ3n) is 3.36. The van der Waals surface area contributed by atoms with E-state index in [-0.39, 0.29) is 11.9 Å². The minimum absolute atomic E-state index is 0.0475. The molecule has 2 aromatic rings. The molecule has 3 heteroatoms. The fraction of sp³-hybridized carbons (Fsp3) is 0.235. The van der Waals surface area contributed by atoms with Gasteiger partial charge in [0.05, 0.1) is 6.04 Å². The van der Waals surface area contributed by atoms with E-state index in [9.17, 15) is 4.79 Å². The summed E-state index contributed by atoms with van der Waals surface area (Å²) in [4.78, 5) is 12.3. The first-order valence-corrected chi connectivity index (χ1v) is 6.99. The second-order valence-electron chi connectivity index (χ2n) is 5.07. The van der Waals surface area contributed by atoms with Crippen LogP contribution < -0.4 is 5.32 Å². The van der Waals surface area contributed by atoms with Gasteiger partial charge in [0.25, 0.3) is 5.91 Å². The van der Waals surface area contributed by atoms with E-state index in [0.717, 1.165) is 22.3 Å². The lowest BCUT2D eigenvalue weighted by Crippen LogP contribution is -2.27. The van der Waals surface area contributed by atoms with Gasteiger partial charge in [-0.05, 0) is 50.1 Å². The summed E-state index contributed by atoms with van der Waals surface area (Å²) in [6.45, 7) is 5.90. The standard InChI is InChI=1S/C17H18ClNO/c1-11-4-5-12(2)16(10-11)17(20)19-13(3)14-6-8-15(18)9-7-14/h4-10,13H,1-3H3,(H,19,20)/t13-/m0/s1. The minimum Gasteiger partial charge on any atom is -0.346 e. The molecule has 104 valence electrons. The van der Waals surface area contributed by atoms with Gasteiger partial charge in [-0.1, -0.05) is 41.4 Å². The SMILES string of the molecule is Cc1ccc(C)c(C(=O)N[C@@H](C)c2ccc(Cl)cc2)c1. The Bertz CT molecular complexity index is 619. The molecule has 1 N–H and O–H groups in total. The van der Waals surface area contributed by atoms with Crippen LogP contribution in [0, 0.1) is 13.8 Å². The molecule has 2 nitrogen and oxygen atoms in total. The predicted octanol–water partition coefficient (Wildman–Crippen LogP) is 4.45. The van der Waals surface area contributed by atoms with Crippen molar-refractivity contribution in [1.29, 1.82) is 0 Å². The molecule has 2 aromatic carbocycles. The molecule has 0 saturated carbocycles. The number of nitrogens with one attached hydrogen (secondary N) is 1. The van der Waals surface area contributed by atoms with E-state index in [2.05, 4.69) is 5.32 Å². The molecule has 0 unspecified atom stereocenters. The van der Waals surface area contributed by atoms with Crippen LogP contribution in [0.1, 0.15) is 40.0 Å². The van der Waals surface area contributed by atoms with E-state index in [4.69, 9.17) is 11.6 Å². The Hall–Kier alpha value is -1.80. The normalized spacial score (nSPS) is 12.0. The predicted molar refractivity (Wildman–Crippen MR) is 83.2 cm³/mol. The van der Waals surface area contributed by atoms with E-state index in [1.54, 1.807) is 0 Å². The van der Waals surface area contributed by atoms with E-state index in [1.807, 2.05) is 63.2 Å². The van der Waals surface area contributed by atoms with Crippen molar-refractivity contribution in [2.24, 2.45) is 0 Å². The molecule has 0 aliphatic rings. The molecule has 20 heavy (non-hydrogen) atoms. The van der Waals surface area contributed by atoms with Crippen LogP contribution in [0.15, 0.2) is 42.5 Å². The molecule has 0 aliphatic carbocycles. The fourth-order valence-electron chi connectivity index (χ4n) is 2.09. The fourth-order valence-corrected chi connectivity index (χ4v) is 2.22. The number of aryl methyl sites for hydroxylation is 2. The Labute approximate surface area is 124 Å². The lowest BCUT2D eigenvalue weighted by atomic mass is 10.0. The van der Waals surface area contributed by atoms with E-state index in [1.165, 1.54) is 0 Å². The van der Waals surface area contributed by atoms with Crippen molar-refractivity contribution in [3.05, 3.63) is 69.7 Å². The second kappa shape index (κ2) is 6.10. The van der Waals surface area contributed by atoms with Crippen LogP contribution >= 0.6 is 11.6 Å². The van der Waals surface area contributed by atoms with Gasteiger partial charge in [0.2, 0.25) is 0 Å². The molecular weight excluding hydrogens is 270 g/mol. The average molecular weight is 288 g/mol. The number of carbonyl (C=O) groups excluding carboxylic acids is 1. The maximum absolute atomic E-state index is 12.3. The number of hydrogen-bond acceptors (Lipinski definition) is 1. The monoisotopic (exact) mass is 287 g/mol. The maximum atomic E-state index is 12.3. The number of carbonyl (C=O) groups is 1. The number of rotatable bonds is 3. The van der Waals surface area contributed by atoms with Gasteiger partial charge in [-0.2, -0.15) is 0 Å². The molecule has 0 saturated heterocycles. The van der Waals surface area contributed by atoms with Crippen LogP contribution in [0.2, 0.25) is 5.02 Å². The van der Waals surface area contributed by atoms with Crippen molar-refractivity contribution in [3.8, 4) is 0 Å². The van der Waals surface area contributed by atoms with Crippen LogP contribution in [0.4, 0.5) is 0 Å². The van der Waals surface area contributed by atoms with Gasteiger partial charge < -0.3 is 5.32 Å². The van der Waals surface area contributed by atoms with Crippen molar-refractivity contribution in [1.82, 2.24) is 5.32 Å². The largest absolute Gasteiger partial charge is 0.346 e. The van der Waals surface area contributed by atoms with Crippen molar-refractivity contribution in [2.75, 3.05) is 0 Å². The Morgan fingerprint density at radius 3 is 2.40 bits per heavy atom. The maximum Gasteiger partial charge on any atom is 0.252 e. The van der Waals surface area contributed by atoms with Crippen LogP contribution in [-0.2, 0) is 0 Å². The smallest absolute Gasteiger partial charge is 0.252 e. The highest BCUT2D eigenvalue weighted by Crippen LogP contribution is 2.17. The second-order valence-corrected chi connectivity index (χ2v) is 5.50. The van der Waals surface area contributed by atoms with Crippen molar-refractivity contribution in [2.45, 2.75) is 26.8 Å². The zero-order valence-corrected chi connectivity index (χ0v) is 12.7. The summed E-state index contributed by atoms with van der Waals surface area (Å²) in [5.41, 5.74) is 3.83. The summed E-state index contributed by atoms with van der Waals surface area (Å²) >= 11 is 5.87. The zero-order chi connectivity index (χ0) is 14.7. The van der Waals surface area contributed by atoms with Gasteiger partial charge in [-0.15, -0.1) is 0 Å². The lowest BCUT2D eigenvalue weighted by Gasteiger charge is -2.15. The summed E-state index contributed by atoms with van der Waals surface area (Å²) in [5, 5.41) is 3.71. The molecule has 0 bridgehead atoms. The van der Waals surface area contributed by atoms with Gasteiger partial charge in [0, 0.05) is 10.6 Å². The number of amides is 1. The van der Waals surface area contributed by atoms with Crippen LogP contribution in [0.3, 0.4) is 0 Å². The van der Waals surface area contributed by atoms with Gasteiger partial charge in [0.15, 0.2) is 0 Å². The number of hydrogen-bond donors (Lipinski definition) is 1. The first-order valence-electron chi connectivity index (χ1n) is 6.61. The molecule has 0 fully saturated rings. The highest BCUT2D eigenvalue weighted by molar-refractivity contribution is 6.30. The van der Waals surface area contributed by atoms with E-state index in [0.29, 0.717) is 5.02 Å². The van der Waals surface area contributed by atoms with Gasteiger partial charge in [-0.3, -0.25) is 4.79 Å². The Morgan fingerprint density at radius 1 is 1.10 bits per heavy atom. The molecule has 0 aromatic heterocycles. The third-order valence-corrected chi connectivity index (χ3v) is 3.61. The Morgan fingerprint density at radius 2 is 1.75 bits per heavy atom. The average Bonchev–Trinajstić information content (AvgIpc) is 2.42. The molecule has 1 amide bonds. The molecular formula is C17H18ClNO. The topological polar surface area (TPSA) is 29.1 Å². The highest BCUT2D eigenvalue weighted by Gasteiger charge is 2.13. The lowest BCUT2D eigenvalue weighted by molar-refractivity contribution is 0.0939. The molecule has 1 atom stereocenters. The van der Waals surface area contributed by atoms with Crippen molar-refractivity contribution < 1.29 is 4.79 Å². The van der Waals surface area contributed by atoms with Gasteiger partial charge in [0.1, 0.15) is 0 Å². The van der Waals surface area contributed by atoms with Crippen LogP contribution in [-0.4, -0.2) is 5.91 Å². The van der Waals surface area contributed by atoms with E-state index < -0.39 is 0 Å². The summed E-state index contributed by atoms with van der Waals surface area (Å²) in [6.07, 6.45) is 0. The van der Waals surface area contributed by atoms with Crippen molar-refractivity contribution in [3.63, 3.8) is 0 Å². The first kappa shape index (κ1) is 14.6. The summed E-state index contributed by atoms with van der Waals surface area (Å²) in [7, 11) is 0. The quantitative estimate of drug-likeness (QED) is 0.888. The summed E-state index contributed by atoms with van der Waals surface area (Å²) < 4.78 is 0. The first-order chi connectivity index (χ1) is 9.47. The van der Waals surface area contributed by atoms with E-state index >= 15 is 0 Å². The van der Waals surface area contributed by atoms with Crippen LogP contribution in [0.5, 0.6) is 0 Å². The molecule has 0 heterocycles. The summed E-state index contributed by atoms with van der Waals surface area (Å²) in [6, 6.07) is 13.4. The number of halogens is 1. The molecule has 0 radical (unpaired) electrons. The van der Waals surface area contributed by atoms with Gasteiger partial charge in [-0.25, -0.2) is 0 Å². The van der Waals surface area contributed by atoms with Gasteiger partial charge >= 0.3 is 0 Å². The molecule has 0 spiro atoms. The highest BCUT2D eigenvalue weighted by atomic mass is 35.5. The van der Waals surface area contributed by atoms with Crippen LogP contribution in [0.25, 0.3) is 0 Å². The summed E-state index contributed by atoms with van der Waals surface area (Å²) in [5.74, 6) is -0.0475. The Balaban J connectivity index is 2.15. The molecule has 0 aliphatic heterocycles. The minimum atomic E-state index is -0.0559. The third kappa shape index (κ3) is 3.40. The Kier molecular flexibility index (Phi) is 4.46. The molecule has 2 rings (SSSR count). The zero-order valence-electron chi connectivity index (χ0n) is 11.9.